The molecular weight excluding hydrogens is 392 g/mol. The minimum absolute atomic E-state index is 0.128. The van der Waals surface area contributed by atoms with Crippen LogP contribution in [0.1, 0.15) is 33.9 Å². The number of hydrogen-bond donors (Lipinski definition) is 1. The van der Waals surface area contributed by atoms with Gasteiger partial charge in [0.2, 0.25) is 15.7 Å². The summed E-state index contributed by atoms with van der Waals surface area (Å²) in [6.45, 7) is 1.89. The summed E-state index contributed by atoms with van der Waals surface area (Å²) in [6.07, 6.45) is 0.240. The molecule has 2 aromatic carbocycles. The van der Waals surface area contributed by atoms with Crippen molar-refractivity contribution in [3.63, 3.8) is 0 Å². The summed E-state index contributed by atoms with van der Waals surface area (Å²) in [7, 11) is -3.74. The van der Waals surface area contributed by atoms with Crippen LogP contribution in [0.3, 0.4) is 0 Å². The fourth-order valence-corrected chi connectivity index (χ4v) is 6.21. The Labute approximate surface area is 167 Å². The molecule has 1 amide bonds. The van der Waals surface area contributed by atoms with Crippen LogP contribution in [0.15, 0.2) is 63.7 Å². The van der Waals surface area contributed by atoms with Crippen molar-refractivity contribution in [2.45, 2.75) is 29.1 Å². The van der Waals surface area contributed by atoms with Crippen LogP contribution in [0.5, 0.6) is 0 Å². The van der Waals surface area contributed by atoms with Crippen molar-refractivity contribution in [2.24, 2.45) is 0 Å². The minimum Gasteiger partial charge on any atom is -0.324 e. The Kier molecular flexibility index (Phi) is 4.53. The van der Waals surface area contributed by atoms with Crippen LogP contribution in [0.25, 0.3) is 0 Å². The molecule has 1 aliphatic rings. The third-order valence-corrected chi connectivity index (χ3v) is 7.86. The lowest BCUT2D eigenvalue weighted by Crippen LogP contribution is -2.23. The predicted octanol–water partition coefficient (Wildman–Crippen LogP) is 4.24. The van der Waals surface area contributed by atoms with E-state index < -0.39 is 9.84 Å². The minimum atomic E-state index is -3.74. The molecule has 5 nitrogen and oxygen atoms in total. The van der Waals surface area contributed by atoms with Gasteiger partial charge in [-0.2, -0.15) is 5.26 Å². The average molecular weight is 409 g/mol. The zero-order valence-corrected chi connectivity index (χ0v) is 16.6. The van der Waals surface area contributed by atoms with E-state index in [1.165, 1.54) is 11.3 Å². The quantitative estimate of drug-likeness (QED) is 0.702. The molecule has 0 spiro atoms. The van der Waals surface area contributed by atoms with Gasteiger partial charge in [0.25, 0.3) is 0 Å². The molecule has 140 valence electrons. The summed E-state index contributed by atoms with van der Waals surface area (Å²) in [4.78, 5) is 13.5. The maximum atomic E-state index is 13.1. The van der Waals surface area contributed by atoms with Gasteiger partial charge in [-0.25, -0.2) is 8.42 Å². The van der Waals surface area contributed by atoms with Crippen LogP contribution >= 0.6 is 11.3 Å². The molecule has 4 rings (SSSR count). The Hall–Kier alpha value is -2.95. The number of fused-ring (bicyclic) bond motifs is 1. The van der Waals surface area contributed by atoms with Gasteiger partial charge in [-0.05, 0) is 36.8 Å². The summed E-state index contributed by atoms with van der Waals surface area (Å²) < 4.78 is 26.3. The molecule has 0 bridgehead atoms. The molecule has 0 saturated heterocycles. The molecule has 0 radical (unpaired) electrons. The zero-order chi connectivity index (χ0) is 19.9. The smallest absolute Gasteiger partial charge is 0.225 e. The van der Waals surface area contributed by atoms with Crippen molar-refractivity contribution in [3.8, 4) is 6.07 Å². The summed E-state index contributed by atoms with van der Waals surface area (Å²) in [5, 5.41) is 13.3. The summed E-state index contributed by atoms with van der Waals surface area (Å²) >= 11 is 1.33. The van der Waals surface area contributed by atoms with E-state index in [1.54, 1.807) is 41.8 Å². The number of hydrogen-bond acceptors (Lipinski definition) is 5. The van der Waals surface area contributed by atoms with Gasteiger partial charge in [0.15, 0.2) is 0 Å². The number of sulfone groups is 1. The molecule has 0 fully saturated rings. The third kappa shape index (κ3) is 3.11. The van der Waals surface area contributed by atoms with Crippen LogP contribution in [0, 0.1) is 18.3 Å². The first kappa shape index (κ1) is 18.4. The largest absolute Gasteiger partial charge is 0.324 e. The number of thiophene rings is 1. The van der Waals surface area contributed by atoms with E-state index in [4.69, 9.17) is 5.26 Å². The molecule has 1 unspecified atom stereocenters. The van der Waals surface area contributed by atoms with E-state index in [-0.39, 0.29) is 28.0 Å². The lowest BCUT2D eigenvalue weighted by atomic mass is 9.90. The fourth-order valence-electron chi connectivity index (χ4n) is 3.31. The van der Waals surface area contributed by atoms with Gasteiger partial charge in [0.1, 0.15) is 4.90 Å². The van der Waals surface area contributed by atoms with Crippen LogP contribution in [0.2, 0.25) is 0 Å². The first-order valence-electron chi connectivity index (χ1n) is 8.63. The van der Waals surface area contributed by atoms with E-state index in [2.05, 4.69) is 11.4 Å². The fraction of sp³-hybridized carbons (Fsp3) is 0.143. The highest BCUT2D eigenvalue weighted by Crippen LogP contribution is 2.45. The van der Waals surface area contributed by atoms with E-state index in [0.29, 0.717) is 11.3 Å². The Morgan fingerprint density at radius 2 is 1.79 bits per heavy atom. The molecule has 28 heavy (non-hydrogen) atoms. The second-order valence-corrected chi connectivity index (χ2v) is 9.52. The molecule has 2 heterocycles. The molecule has 1 N–H and O–H groups in total. The van der Waals surface area contributed by atoms with E-state index in [0.717, 1.165) is 16.0 Å². The average Bonchev–Trinajstić information content (AvgIpc) is 3.12. The number of nitriles is 1. The maximum absolute atomic E-state index is 13.1. The Morgan fingerprint density at radius 3 is 2.43 bits per heavy atom. The lowest BCUT2D eigenvalue weighted by molar-refractivity contribution is -0.116. The highest BCUT2D eigenvalue weighted by Gasteiger charge is 2.34. The van der Waals surface area contributed by atoms with Crippen molar-refractivity contribution < 1.29 is 13.2 Å². The molecular formula is C21H16N2O3S2. The Bertz CT molecular complexity index is 1200. The number of amides is 1. The third-order valence-electron chi connectivity index (χ3n) is 4.82. The standard InChI is InChI=1S/C21H16N2O3S2/c1-13-2-8-16(9-3-13)28(25,26)18-12-27-21-17(10-19(24)23-20(18)21)15-6-4-14(11-22)5-7-15/h2-9,12,17H,10H2,1H3,(H,23,24). The molecule has 1 aliphatic heterocycles. The number of anilines is 1. The molecule has 0 aliphatic carbocycles. The van der Waals surface area contributed by atoms with Crippen LogP contribution < -0.4 is 5.32 Å². The van der Waals surface area contributed by atoms with Crippen molar-refractivity contribution in [3.05, 3.63) is 75.5 Å². The number of aryl methyl sites for hydroxylation is 1. The van der Waals surface area contributed by atoms with Gasteiger partial charge >= 0.3 is 0 Å². The molecule has 7 heteroatoms. The monoisotopic (exact) mass is 408 g/mol. The number of carbonyl (C=O) groups is 1. The van der Waals surface area contributed by atoms with E-state index >= 15 is 0 Å². The number of rotatable bonds is 3. The summed E-state index contributed by atoms with van der Waals surface area (Å²) in [5.41, 5.74) is 2.77. The van der Waals surface area contributed by atoms with Crippen molar-refractivity contribution in [1.29, 1.82) is 5.26 Å². The normalized spacial score (nSPS) is 16.1. The van der Waals surface area contributed by atoms with E-state index in [1.807, 2.05) is 19.1 Å². The first-order chi connectivity index (χ1) is 13.4. The van der Waals surface area contributed by atoms with Crippen LogP contribution in [-0.2, 0) is 14.6 Å². The highest BCUT2D eigenvalue weighted by molar-refractivity contribution is 7.91. The van der Waals surface area contributed by atoms with Crippen LogP contribution in [-0.4, -0.2) is 14.3 Å². The molecule has 3 aromatic rings. The second-order valence-electron chi connectivity index (χ2n) is 6.69. The summed E-state index contributed by atoms with van der Waals surface area (Å²) in [6, 6.07) is 15.8. The number of benzene rings is 2. The van der Waals surface area contributed by atoms with Gasteiger partial charge in [-0.15, -0.1) is 11.3 Å². The zero-order valence-electron chi connectivity index (χ0n) is 15.0. The second kappa shape index (κ2) is 6.89. The highest BCUT2D eigenvalue weighted by atomic mass is 32.2. The molecule has 1 atom stereocenters. The van der Waals surface area contributed by atoms with E-state index in [9.17, 15) is 13.2 Å². The SMILES string of the molecule is Cc1ccc(S(=O)(=O)c2csc3c2NC(=O)CC3c2ccc(C#N)cc2)cc1. The van der Waals surface area contributed by atoms with Gasteiger partial charge < -0.3 is 5.32 Å². The maximum Gasteiger partial charge on any atom is 0.225 e. The van der Waals surface area contributed by atoms with Gasteiger partial charge in [0, 0.05) is 22.6 Å². The number of nitrogens with one attached hydrogen (secondary N) is 1. The van der Waals surface area contributed by atoms with Crippen molar-refractivity contribution >= 4 is 32.8 Å². The van der Waals surface area contributed by atoms with Gasteiger partial charge in [0.05, 0.1) is 22.2 Å². The number of nitrogens with zero attached hydrogens (tertiary/aromatic N) is 1. The summed E-state index contributed by atoms with van der Waals surface area (Å²) in [5.74, 6) is -0.455. The van der Waals surface area contributed by atoms with Crippen LogP contribution in [0.4, 0.5) is 5.69 Å². The number of carbonyl (C=O) groups excluding carboxylic acids is 1. The van der Waals surface area contributed by atoms with Gasteiger partial charge in [-0.1, -0.05) is 29.8 Å². The first-order valence-corrected chi connectivity index (χ1v) is 11.0. The molecule has 1 aromatic heterocycles. The Balaban J connectivity index is 1.80. The van der Waals surface area contributed by atoms with Crippen molar-refractivity contribution in [2.75, 3.05) is 5.32 Å². The predicted molar refractivity (Wildman–Crippen MR) is 107 cm³/mol. The van der Waals surface area contributed by atoms with Crippen molar-refractivity contribution in [1.82, 2.24) is 0 Å². The lowest BCUT2D eigenvalue weighted by Gasteiger charge is -2.23. The topological polar surface area (TPSA) is 87.0 Å². The molecule has 0 saturated carbocycles. The van der Waals surface area contributed by atoms with Gasteiger partial charge in [-0.3, -0.25) is 4.79 Å². The Morgan fingerprint density at radius 1 is 1.11 bits per heavy atom.